The summed E-state index contributed by atoms with van der Waals surface area (Å²) in [6, 6.07) is 0. The summed E-state index contributed by atoms with van der Waals surface area (Å²) >= 11 is 0. The highest BCUT2D eigenvalue weighted by molar-refractivity contribution is 5.77. The van der Waals surface area contributed by atoms with Crippen LogP contribution in [0.4, 0.5) is 0 Å². The highest BCUT2D eigenvalue weighted by Crippen LogP contribution is 2.15. The number of rotatable bonds is 3. The Morgan fingerprint density at radius 3 is 2.79 bits per heavy atom. The highest BCUT2D eigenvalue weighted by atomic mass is 16.5. The fourth-order valence-corrected chi connectivity index (χ4v) is 0.987. The standard InChI is InChI=1S/C8H13N3O3/c1-8(2,7(13)14-3)11-4-6(5-12)9-10-11/h4,12H,5H2,1-3H3. The van der Waals surface area contributed by atoms with Crippen LogP contribution in [0.25, 0.3) is 0 Å². The van der Waals surface area contributed by atoms with Crippen LogP contribution in [0.5, 0.6) is 0 Å². The molecule has 0 saturated carbocycles. The Kier molecular flexibility index (Phi) is 2.85. The molecule has 0 amide bonds. The van der Waals surface area contributed by atoms with Crippen LogP contribution in [0.3, 0.4) is 0 Å². The molecule has 1 heterocycles. The van der Waals surface area contributed by atoms with Crippen LogP contribution in [0.2, 0.25) is 0 Å². The molecule has 1 N–H and O–H groups in total. The van der Waals surface area contributed by atoms with E-state index in [4.69, 9.17) is 5.11 Å². The fourth-order valence-electron chi connectivity index (χ4n) is 0.987. The number of carbonyl (C=O) groups excluding carboxylic acids is 1. The van der Waals surface area contributed by atoms with Crippen molar-refractivity contribution >= 4 is 5.97 Å². The van der Waals surface area contributed by atoms with Gasteiger partial charge in [-0.3, -0.25) is 0 Å². The van der Waals surface area contributed by atoms with Gasteiger partial charge in [-0.15, -0.1) is 5.10 Å². The first kappa shape index (κ1) is 10.6. The maximum absolute atomic E-state index is 11.4. The number of esters is 1. The molecule has 0 unspecified atom stereocenters. The van der Waals surface area contributed by atoms with Crippen LogP contribution in [0.15, 0.2) is 6.20 Å². The zero-order valence-electron chi connectivity index (χ0n) is 8.39. The van der Waals surface area contributed by atoms with Crippen molar-refractivity contribution in [2.45, 2.75) is 26.0 Å². The van der Waals surface area contributed by atoms with Crippen LogP contribution < -0.4 is 0 Å². The predicted octanol–water partition coefficient (Wildman–Crippen LogP) is -0.322. The lowest BCUT2D eigenvalue weighted by Crippen LogP contribution is -2.37. The first-order chi connectivity index (χ1) is 6.52. The van der Waals surface area contributed by atoms with Crippen molar-refractivity contribution in [1.29, 1.82) is 0 Å². The third kappa shape index (κ3) is 1.74. The molecule has 0 atom stereocenters. The van der Waals surface area contributed by atoms with E-state index in [0.29, 0.717) is 5.69 Å². The third-order valence-electron chi connectivity index (χ3n) is 1.96. The minimum atomic E-state index is -0.908. The van der Waals surface area contributed by atoms with E-state index >= 15 is 0 Å². The number of hydrogen-bond donors (Lipinski definition) is 1. The van der Waals surface area contributed by atoms with E-state index in [9.17, 15) is 4.79 Å². The molecule has 1 rings (SSSR count). The van der Waals surface area contributed by atoms with Crippen molar-refractivity contribution in [2.75, 3.05) is 7.11 Å². The molecule has 0 fully saturated rings. The molecule has 0 aromatic carbocycles. The zero-order valence-corrected chi connectivity index (χ0v) is 8.39. The smallest absolute Gasteiger partial charge is 0.333 e. The molecule has 0 spiro atoms. The Morgan fingerprint density at radius 2 is 2.36 bits per heavy atom. The van der Waals surface area contributed by atoms with Crippen LogP contribution in [-0.2, 0) is 21.7 Å². The van der Waals surface area contributed by atoms with Gasteiger partial charge in [-0.2, -0.15) is 0 Å². The van der Waals surface area contributed by atoms with E-state index < -0.39 is 11.5 Å². The van der Waals surface area contributed by atoms with E-state index in [-0.39, 0.29) is 6.61 Å². The number of nitrogens with zero attached hydrogens (tertiary/aromatic N) is 3. The van der Waals surface area contributed by atoms with Gasteiger partial charge in [0.2, 0.25) is 0 Å². The van der Waals surface area contributed by atoms with Gasteiger partial charge >= 0.3 is 5.97 Å². The fraction of sp³-hybridized carbons (Fsp3) is 0.625. The number of aliphatic hydroxyl groups is 1. The monoisotopic (exact) mass is 199 g/mol. The van der Waals surface area contributed by atoms with Crippen molar-refractivity contribution in [3.63, 3.8) is 0 Å². The largest absolute Gasteiger partial charge is 0.467 e. The number of aliphatic hydroxyl groups excluding tert-OH is 1. The number of ether oxygens (including phenoxy) is 1. The number of hydrogen-bond acceptors (Lipinski definition) is 5. The van der Waals surface area contributed by atoms with Gasteiger partial charge in [0.25, 0.3) is 0 Å². The van der Waals surface area contributed by atoms with Crippen LogP contribution >= 0.6 is 0 Å². The summed E-state index contributed by atoms with van der Waals surface area (Å²) in [6.45, 7) is 3.13. The first-order valence-corrected chi connectivity index (χ1v) is 4.13. The van der Waals surface area contributed by atoms with Gasteiger partial charge in [0.05, 0.1) is 19.9 Å². The van der Waals surface area contributed by atoms with Crippen molar-refractivity contribution < 1.29 is 14.6 Å². The van der Waals surface area contributed by atoms with Crippen molar-refractivity contribution in [3.05, 3.63) is 11.9 Å². The summed E-state index contributed by atoms with van der Waals surface area (Å²) in [4.78, 5) is 11.4. The summed E-state index contributed by atoms with van der Waals surface area (Å²) < 4.78 is 5.99. The topological polar surface area (TPSA) is 77.2 Å². The molecule has 6 heteroatoms. The van der Waals surface area contributed by atoms with E-state index in [2.05, 4.69) is 15.0 Å². The molecular weight excluding hydrogens is 186 g/mol. The molecular formula is C8H13N3O3. The minimum Gasteiger partial charge on any atom is -0.467 e. The van der Waals surface area contributed by atoms with Gasteiger partial charge in [-0.1, -0.05) is 5.21 Å². The maximum Gasteiger partial charge on any atom is 0.333 e. The van der Waals surface area contributed by atoms with E-state index in [0.717, 1.165) is 0 Å². The molecule has 0 radical (unpaired) electrons. The van der Waals surface area contributed by atoms with E-state index in [1.54, 1.807) is 13.8 Å². The van der Waals surface area contributed by atoms with Crippen LogP contribution in [-0.4, -0.2) is 33.2 Å². The summed E-state index contributed by atoms with van der Waals surface area (Å²) in [5.74, 6) is -0.410. The predicted molar refractivity (Wildman–Crippen MR) is 47.3 cm³/mol. The first-order valence-electron chi connectivity index (χ1n) is 4.13. The average Bonchev–Trinajstić information content (AvgIpc) is 2.65. The second-order valence-corrected chi connectivity index (χ2v) is 3.36. The van der Waals surface area contributed by atoms with E-state index in [1.165, 1.54) is 18.0 Å². The molecule has 0 bridgehead atoms. The number of aromatic nitrogens is 3. The highest BCUT2D eigenvalue weighted by Gasteiger charge is 2.32. The van der Waals surface area contributed by atoms with Gasteiger partial charge in [-0.25, -0.2) is 9.48 Å². The summed E-state index contributed by atoms with van der Waals surface area (Å²) in [5.41, 5.74) is -0.489. The quantitative estimate of drug-likeness (QED) is 0.675. The van der Waals surface area contributed by atoms with Gasteiger partial charge in [0.1, 0.15) is 5.69 Å². The molecule has 1 aromatic rings. The van der Waals surface area contributed by atoms with Gasteiger partial charge in [-0.05, 0) is 13.8 Å². The third-order valence-corrected chi connectivity index (χ3v) is 1.96. The molecule has 0 aliphatic heterocycles. The lowest BCUT2D eigenvalue weighted by Gasteiger charge is -2.20. The summed E-state index contributed by atoms with van der Waals surface area (Å²) in [7, 11) is 1.31. The zero-order chi connectivity index (χ0) is 10.8. The number of carbonyl (C=O) groups is 1. The molecule has 1 aromatic heterocycles. The summed E-state index contributed by atoms with van der Waals surface area (Å²) in [6.07, 6.45) is 1.51. The Hall–Kier alpha value is -1.43. The normalized spacial score (nSPS) is 11.4. The summed E-state index contributed by atoms with van der Waals surface area (Å²) in [5, 5.41) is 16.2. The molecule has 0 aliphatic carbocycles. The van der Waals surface area contributed by atoms with Crippen LogP contribution in [0.1, 0.15) is 19.5 Å². The Labute approximate surface area is 81.5 Å². The molecule has 78 valence electrons. The van der Waals surface area contributed by atoms with Crippen molar-refractivity contribution in [1.82, 2.24) is 15.0 Å². The van der Waals surface area contributed by atoms with Gasteiger partial charge in [0, 0.05) is 0 Å². The lowest BCUT2D eigenvalue weighted by molar-refractivity contribution is -0.150. The molecule has 14 heavy (non-hydrogen) atoms. The second kappa shape index (κ2) is 3.75. The van der Waals surface area contributed by atoms with Crippen molar-refractivity contribution in [3.8, 4) is 0 Å². The van der Waals surface area contributed by atoms with Crippen molar-refractivity contribution in [2.24, 2.45) is 0 Å². The second-order valence-electron chi connectivity index (χ2n) is 3.36. The number of methoxy groups -OCH3 is 1. The Bertz CT molecular complexity index is 332. The van der Waals surface area contributed by atoms with Crippen LogP contribution in [0, 0.1) is 0 Å². The molecule has 0 aliphatic rings. The van der Waals surface area contributed by atoms with E-state index in [1.807, 2.05) is 0 Å². The van der Waals surface area contributed by atoms with Gasteiger partial charge in [0.15, 0.2) is 5.54 Å². The maximum atomic E-state index is 11.4. The Balaban J connectivity index is 2.97. The molecule has 0 saturated heterocycles. The average molecular weight is 199 g/mol. The molecule has 6 nitrogen and oxygen atoms in total. The SMILES string of the molecule is COC(=O)C(C)(C)n1cc(CO)nn1. The van der Waals surface area contributed by atoms with Gasteiger partial charge < -0.3 is 9.84 Å². The lowest BCUT2D eigenvalue weighted by atomic mass is 10.1. The minimum absolute atomic E-state index is 0.197. The Morgan fingerprint density at radius 1 is 1.71 bits per heavy atom.